The standard InChI is InChI=1S/C8H12Br2/c9-5-7-1-2-8(6-10)4-3-7/h1,8H,2-6H2. The summed E-state index contributed by atoms with van der Waals surface area (Å²) in [5.41, 5.74) is 1.58. The molecular formula is C8H12Br2. The molecule has 0 spiro atoms. The Kier molecular flexibility index (Phi) is 4.00. The molecule has 1 unspecified atom stereocenters. The summed E-state index contributed by atoms with van der Waals surface area (Å²) < 4.78 is 0. The van der Waals surface area contributed by atoms with Gasteiger partial charge in [-0.25, -0.2) is 0 Å². The van der Waals surface area contributed by atoms with E-state index >= 15 is 0 Å². The summed E-state index contributed by atoms with van der Waals surface area (Å²) in [4.78, 5) is 0. The molecule has 1 rings (SSSR count). The number of hydrogen-bond acceptors (Lipinski definition) is 0. The Bertz CT molecular complexity index is 129. The first-order valence-electron chi connectivity index (χ1n) is 3.66. The van der Waals surface area contributed by atoms with E-state index in [0.717, 1.165) is 11.2 Å². The van der Waals surface area contributed by atoms with Crippen LogP contribution in [0.15, 0.2) is 11.6 Å². The highest BCUT2D eigenvalue weighted by Gasteiger charge is 2.11. The lowest BCUT2D eigenvalue weighted by Gasteiger charge is -2.18. The predicted molar refractivity (Wildman–Crippen MR) is 53.0 cm³/mol. The van der Waals surface area contributed by atoms with Crippen molar-refractivity contribution in [1.29, 1.82) is 0 Å². The van der Waals surface area contributed by atoms with Gasteiger partial charge in [-0.2, -0.15) is 0 Å². The topological polar surface area (TPSA) is 0 Å². The molecule has 0 amide bonds. The molecule has 0 aromatic carbocycles. The van der Waals surface area contributed by atoms with E-state index in [1.807, 2.05) is 0 Å². The van der Waals surface area contributed by atoms with Crippen LogP contribution in [0, 0.1) is 5.92 Å². The molecule has 0 heterocycles. The zero-order chi connectivity index (χ0) is 7.40. The van der Waals surface area contributed by atoms with Gasteiger partial charge in [-0.15, -0.1) is 0 Å². The van der Waals surface area contributed by atoms with Gasteiger partial charge in [0.15, 0.2) is 0 Å². The van der Waals surface area contributed by atoms with E-state index in [2.05, 4.69) is 37.9 Å². The minimum Gasteiger partial charge on any atom is -0.0925 e. The SMILES string of the molecule is BrCC1=CCC(CBr)CC1. The zero-order valence-electron chi connectivity index (χ0n) is 5.95. The van der Waals surface area contributed by atoms with Crippen molar-refractivity contribution in [3.05, 3.63) is 11.6 Å². The Morgan fingerprint density at radius 1 is 1.50 bits per heavy atom. The number of hydrogen-bond donors (Lipinski definition) is 0. The minimum atomic E-state index is 0.891. The van der Waals surface area contributed by atoms with Crippen molar-refractivity contribution >= 4 is 31.9 Å². The normalized spacial score (nSPS) is 26.2. The van der Waals surface area contributed by atoms with Gasteiger partial charge in [0.25, 0.3) is 0 Å². The largest absolute Gasteiger partial charge is 0.0925 e. The third-order valence-corrected chi connectivity index (χ3v) is 3.64. The van der Waals surface area contributed by atoms with Gasteiger partial charge in [0.05, 0.1) is 0 Å². The highest BCUT2D eigenvalue weighted by molar-refractivity contribution is 9.09. The molecule has 1 atom stereocenters. The van der Waals surface area contributed by atoms with Gasteiger partial charge in [-0.1, -0.05) is 43.5 Å². The zero-order valence-corrected chi connectivity index (χ0v) is 9.12. The Balaban J connectivity index is 2.36. The molecule has 0 aromatic heterocycles. The summed E-state index contributed by atoms with van der Waals surface area (Å²) in [6, 6.07) is 0. The van der Waals surface area contributed by atoms with Crippen LogP contribution < -0.4 is 0 Å². The van der Waals surface area contributed by atoms with Crippen LogP contribution in [0.25, 0.3) is 0 Å². The van der Waals surface area contributed by atoms with Gasteiger partial charge in [0, 0.05) is 10.7 Å². The van der Waals surface area contributed by atoms with E-state index in [1.54, 1.807) is 5.57 Å². The van der Waals surface area contributed by atoms with E-state index in [-0.39, 0.29) is 0 Å². The second-order valence-electron chi connectivity index (χ2n) is 2.79. The van der Waals surface area contributed by atoms with Crippen LogP contribution in [0.4, 0.5) is 0 Å². The molecule has 0 N–H and O–H groups in total. The van der Waals surface area contributed by atoms with E-state index in [1.165, 1.54) is 24.6 Å². The summed E-state index contributed by atoms with van der Waals surface area (Å²) in [5.74, 6) is 0.891. The number of alkyl halides is 2. The van der Waals surface area contributed by atoms with Gasteiger partial charge in [0.2, 0.25) is 0 Å². The molecule has 0 nitrogen and oxygen atoms in total. The monoisotopic (exact) mass is 266 g/mol. The van der Waals surface area contributed by atoms with Gasteiger partial charge in [-0.3, -0.25) is 0 Å². The van der Waals surface area contributed by atoms with E-state index in [0.29, 0.717) is 0 Å². The van der Waals surface area contributed by atoms with Crippen LogP contribution in [-0.4, -0.2) is 10.7 Å². The quantitative estimate of drug-likeness (QED) is 0.531. The summed E-state index contributed by atoms with van der Waals surface area (Å²) in [7, 11) is 0. The fourth-order valence-electron chi connectivity index (χ4n) is 1.20. The Morgan fingerprint density at radius 3 is 2.70 bits per heavy atom. The lowest BCUT2D eigenvalue weighted by molar-refractivity contribution is 0.526. The molecule has 0 bridgehead atoms. The van der Waals surface area contributed by atoms with Crippen molar-refractivity contribution in [3.63, 3.8) is 0 Å². The number of halogens is 2. The predicted octanol–water partition coefficient (Wildman–Crippen LogP) is 3.50. The summed E-state index contributed by atoms with van der Waals surface area (Å²) in [6.07, 6.45) is 6.31. The summed E-state index contributed by atoms with van der Waals surface area (Å²) in [5, 5.41) is 2.24. The van der Waals surface area contributed by atoms with Crippen molar-refractivity contribution in [3.8, 4) is 0 Å². The highest BCUT2D eigenvalue weighted by Crippen LogP contribution is 2.25. The minimum absolute atomic E-state index is 0.891. The van der Waals surface area contributed by atoms with Crippen LogP contribution in [0.1, 0.15) is 19.3 Å². The smallest absolute Gasteiger partial charge is 0.0241 e. The number of rotatable bonds is 2. The molecule has 58 valence electrons. The molecule has 0 aliphatic heterocycles. The molecular weight excluding hydrogens is 256 g/mol. The molecule has 1 aliphatic rings. The third-order valence-electron chi connectivity index (χ3n) is 2.00. The lowest BCUT2D eigenvalue weighted by Crippen LogP contribution is -2.06. The van der Waals surface area contributed by atoms with E-state index in [9.17, 15) is 0 Å². The lowest BCUT2D eigenvalue weighted by atomic mass is 9.92. The summed E-state index contributed by atoms with van der Waals surface area (Å²) in [6.45, 7) is 0. The maximum Gasteiger partial charge on any atom is 0.0241 e. The third kappa shape index (κ3) is 2.39. The first-order valence-corrected chi connectivity index (χ1v) is 5.91. The molecule has 0 saturated heterocycles. The maximum absolute atomic E-state index is 3.51. The van der Waals surface area contributed by atoms with Crippen molar-refractivity contribution in [2.75, 3.05) is 10.7 Å². The van der Waals surface area contributed by atoms with Crippen LogP contribution in [0.3, 0.4) is 0 Å². The average molecular weight is 268 g/mol. The molecule has 2 heteroatoms. The molecule has 1 aliphatic carbocycles. The fraction of sp³-hybridized carbons (Fsp3) is 0.750. The van der Waals surface area contributed by atoms with Crippen molar-refractivity contribution in [2.45, 2.75) is 19.3 Å². The first-order chi connectivity index (χ1) is 4.86. The average Bonchev–Trinajstić information content (AvgIpc) is 2.05. The molecule has 0 fully saturated rings. The van der Waals surface area contributed by atoms with Gasteiger partial charge in [-0.05, 0) is 25.2 Å². The van der Waals surface area contributed by atoms with Crippen LogP contribution in [0.2, 0.25) is 0 Å². The fourth-order valence-corrected chi connectivity index (χ4v) is 2.30. The van der Waals surface area contributed by atoms with Crippen molar-refractivity contribution in [1.82, 2.24) is 0 Å². The number of allylic oxidation sites excluding steroid dienone is 2. The molecule has 0 saturated carbocycles. The molecule has 10 heavy (non-hydrogen) atoms. The van der Waals surface area contributed by atoms with Gasteiger partial charge in [0.1, 0.15) is 0 Å². The van der Waals surface area contributed by atoms with Gasteiger partial charge >= 0.3 is 0 Å². The van der Waals surface area contributed by atoms with E-state index in [4.69, 9.17) is 0 Å². The van der Waals surface area contributed by atoms with Crippen molar-refractivity contribution in [2.24, 2.45) is 5.92 Å². The Morgan fingerprint density at radius 2 is 2.30 bits per heavy atom. The Labute approximate surface area is 79.3 Å². The van der Waals surface area contributed by atoms with Crippen molar-refractivity contribution < 1.29 is 0 Å². The second kappa shape index (κ2) is 4.55. The maximum atomic E-state index is 3.51. The highest BCUT2D eigenvalue weighted by atomic mass is 79.9. The van der Waals surface area contributed by atoms with E-state index < -0.39 is 0 Å². The Hall–Kier alpha value is 0.700. The van der Waals surface area contributed by atoms with Gasteiger partial charge < -0.3 is 0 Å². The van der Waals surface area contributed by atoms with Crippen LogP contribution in [0.5, 0.6) is 0 Å². The first kappa shape index (κ1) is 8.79. The summed E-state index contributed by atoms with van der Waals surface area (Å²) >= 11 is 6.98. The molecule has 0 aromatic rings. The molecule has 0 radical (unpaired) electrons. The second-order valence-corrected chi connectivity index (χ2v) is 4.00. The van der Waals surface area contributed by atoms with Crippen LogP contribution >= 0.6 is 31.9 Å². The van der Waals surface area contributed by atoms with Crippen LogP contribution in [-0.2, 0) is 0 Å².